The van der Waals surface area contributed by atoms with E-state index < -0.39 is 0 Å². The summed E-state index contributed by atoms with van der Waals surface area (Å²) in [6.07, 6.45) is 4.29. The van der Waals surface area contributed by atoms with Crippen molar-refractivity contribution in [2.45, 2.75) is 52.5 Å². The fraction of sp³-hybridized carbons (Fsp3) is 0.938. The molecule has 0 radical (unpaired) electrons. The Morgan fingerprint density at radius 3 is 2.75 bits per heavy atom. The lowest BCUT2D eigenvalue weighted by molar-refractivity contribution is -0.131. The minimum absolute atomic E-state index is 0.361. The van der Waals surface area contributed by atoms with E-state index in [1.54, 1.807) is 0 Å². The summed E-state index contributed by atoms with van der Waals surface area (Å²) in [7, 11) is 0. The van der Waals surface area contributed by atoms with Gasteiger partial charge in [0.1, 0.15) is 0 Å². The Morgan fingerprint density at radius 1 is 1.30 bits per heavy atom. The van der Waals surface area contributed by atoms with Gasteiger partial charge in [-0.15, -0.1) is 0 Å². The van der Waals surface area contributed by atoms with Gasteiger partial charge in [-0.05, 0) is 30.6 Å². The highest BCUT2D eigenvalue weighted by molar-refractivity contribution is 7.99. The standard InChI is InChI=1S/C16H30N2OS/c1-16(2,3)13-5-4-8-18(9-6-13)15(19)11-14-12-20-10-7-17-14/h13-14,17H,4-12H2,1-3H3. The quantitative estimate of drug-likeness (QED) is 0.851. The molecule has 0 aliphatic carbocycles. The normalized spacial score (nSPS) is 29.1. The average molecular weight is 298 g/mol. The topological polar surface area (TPSA) is 32.3 Å². The Bertz CT molecular complexity index is 321. The third kappa shape index (κ3) is 4.66. The molecule has 1 N–H and O–H groups in total. The van der Waals surface area contributed by atoms with E-state index in [-0.39, 0.29) is 0 Å². The molecule has 2 fully saturated rings. The van der Waals surface area contributed by atoms with Gasteiger partial charge in [-0.1, -0.05) is 20.8 Å². The van der Waals surface area contributed by atoms with Crippen molar-refractivity contribution in [2.75, 3.05) is 31.1 Å². The predicted molar refractivity (Wildman–Crippen MR) is 87.1 cm³/mol. The highest BCUT2D eigenvalue weighted by Gasteiger charge is 2.29. The molecule has 116 valence electrons. The lowest BCUT2D eigenvalue weighted by Gasteiger charge is -2.30. The van der Waals surface area contributed by atoms with E-state index in [1.807, 2.05) is 11.8 Å². The van der Waals surface area contributed by atoms with Crippen molar-refractivity contribution in [3.05, 3.63) is 0 Å². The predicted octanol–water partition coefficient (Wildman–Crippen LogP) is 2.76. The molecule has 2 aliphatic heterocycles. The van der Waals surface area contributed by atoms with Gasteiger partial charge in [0.15, 0.2) is 0 Å². The summed E-state index contributed by atoms with van der Waals surface area (Å²) in [6.45, 7) is 9.97. The molecule has 4 heteroatoms. The van der Waals surface area contributed by atoms with Crippen LogP contribution in [0, 0.1) is 11.3 Å². The van der Waals surface area contributed by atoms with Crippen LogP contribution in [0.15, 0.2) is 0 Å². The molecule has 0 aromatic rings. The molecule has 3 nitrogen and oxygen atoms in total. The highest BCUT2D eigenvalue weighted by Crippen LogP contribution is 2.34. The van der Waals surface area contributed by atoms with E-state index in [4.69, 9.17) is 0 Å². The molecule has 0 aromatic heterocycles. The Kier molecular flexibility index (Phi) is 5.79. The van der Waals surface area contributed by atoms with Crippen molar-refractivity contribution in [2.24, 2.45) is 11.3 Å². The fourth-order valence-corrected chi connectivity index (χ4v) is 4.25. The van der Waals surface area contributed by atoms with Crippen LogP contribution in [0.2, 0.25) is 0 Å². The van der Waals surface area contributed by atoms with E-state index in [9.17, 15) is 4.79 Å². The molecule has 1 amide bonds. The highest BCUT2D eigenvalue weighted by atomic mass is 32.2. The molecule has 0 spiro atoms. The van der Waals surface area contributed by atoms with Crippen LogP contribution in [0.4, 0.5) is 0 Å². The molecule has 20 heavy (non-hydrogen) atoms. The van der Waals surface area contributed by atoms with Crippen LogP contribution in [-0.4, -0.2) is 48.0 Å². The van der Waals surface area contributed by atoms with Gasteiger partial charge < -0.3 is 10.2 Å². The Balaban J connectivity index is 1.81. The van der Waals surface area contributed by atoms with E-state index in [1.165, 1.54) is 25.0 Å². The molecule has 2 rings (SSSR count). The molecule has 2 unspecified atom stereocenters. The van der Waals surface area contributed by atoms with Crippen LogP contribution in [0.25, 0.3) is 0 Å². The lowest BCUT2D eigenvalue weighted by Crippen LogP contribution is -2.43. The second kappa shape index (κ2) is 7.17. The number of carbonyl (C=O) groups is 1. The van der Waals surface area contributed by atoms with Gasteiger partial charge in [-0.2, -0.15) is 11.8 Å². The Labute approximate surface area is 128 Å². The maximum Gasteiger partial charge on any atom is 0.224 e. The number of rotatable bonds is 2. The van der Waals surface area contributed by atoms with Crippen molar-refractivity contribution in [1.29, 1.82) is 0 Å². The molecule has 0 bridgehead atoms. The van der Waals surface area contributed by atoms with Crippen LogP contribution in [0.3, 0.4) is 0 Å². The van der Waals surface area contributed by atoms with Gasteiger partial charge in [0, 0.05) is 43.6 Å². The van der Waals surface area contributed by atoms with Crippen molar-refractivity contribution in [3.8, 4) is 0 Å². The first-order valence-corrected chi connectivity index (χ1v) is 9.21. The average Bonchev–Trinajstić information content (AvgIpc) is 2.65. The van der Waals surface area contributed by atoms with Crippen molar-refractivity contribution in [1.82, 2.24) is 10.2 Å². The number of amides is 1. The maximum absolute atomic E-state index is 12.5. The second-order valence-corrected chi connectivity index (χ2v) is 8.45. The molecule has 2 atom stereocenters. The summed E-state index contributed by atoms with van der Waals surface area (Å²) in [5.41, 5.74) is 0.376. The molecule has 0 saturated carbocycles. The number of likely N-dealkylation sites (tertiary alicyclic amines) is 1. The third-order valence-electron chi connectivity index (χ3n) is 4.73. The molecule has 2 heterocycles. The van der Waals surface area contributed by atoms with E-state index in [2.05, 4.69) is 31.0 Å². The van der Waals surface area contributed by atoms with Crippen LogP contribution in [0.1, 0.15) is 46.5 Å². The summed E-state index contributed by atoms with van der Waals surface area (Å²) in [5, 5.41) is 3.47. The molecule has 0 aromatic carbocycles. The first kappa shape index (κ1) is 16.2. The number of thioether (sulfide) groups is 1. The van der Waals surface area contributed by atoms with Gasteiger partial charge in [-0.3, -0.25) is 4.79 Å². The zero-order chi connectivity index (χ0) is 14.6. The van der Waals surface area contributed by atoms with Crippen molar-refractivity contribution < 1.29 is 4.79 Å². The van der Waals surface area contributed by atoms with Crippen LogP contribution in [0.5, 0.6) is 0 Å². The van der Waals surface area contributed by atoms with E-state index in [0.717, 1.165) is 31.3 Å². The minimum Gasteiger partial charge on any atom is -0.343 e. The zero-order valence-corrected chi connectivity index (χ0v) is 14.1. The largest absolute Gasteiger partial charge is 0.343 e. The van der Waals surface area contributed by atoms with Crippen LogP contribution >= 0.6 is 11.8 Å². The summed E-state index contributed by atoms with van der Waals surface area (Å²) in [6, 6.07) is 0.392. The van der Waals surface area contributed by atoms with E-state index >= 15 is 0 Å². The minimum atomic E-state index is 0.361. The molecule has 2 aliphatic rings. The fourth-order valence-electron chi connectivity index (χ4n) is 3.30. The maximum atomic E-state index is 12.5. The van der Waals surface area contributed by atoms with Gasteiger partial charge in [-0.25, -0.2) is 0 Å². The second-order valence-electron chi connectivity index (χ2n) is 7.30. The summed E-state index contributed by atoms with van der Waals surface area (Å²) in [4.78, 5) is 14.6. The lowest BCUT2D eigenvalue weighted by atomic mass is 9.77. The summed E-state index contributed by atoms with van der Waals surface area (Å²) >= 11 is 1.97. The first-order valence-electron chi connectivity index (χ1n) is 8.05. The third-order valence-corrected chi connectivity index (χ3v) is 5.86. The number of nitrogens with one attached hydrogen (secondary N) is 1. The summed E-state index contributed by atoms with van der Waals surface area (Å²) < 4.78 is 0. The first-order chi connectivity index (χ1) is 9.47. The Morgan fingerprint density at radius 2 is 2.10 bits per heavy atom. The molecule has 2 saturated heterocycles. The van der Waals surface area contributed by atoms with Crippen molar-refractivity contribution >= 4 is 17.7 Å². The summed E-state index contributed by atoms with van der Waals surface area (Å²) in [5.74, 6) is 3.38. The number of hydrogen-bond acceptors (Lipinski definition) is 3. The number of carbonyl (C=O) groups excluding carboxylic acids is 1. The zero-order valence-electron chi connectivity index (χ0n) is 13.3. The number of hydrogen-bond donors (Lipinski definition) is 1. The number of nitrogens with zero attached hydrogens (tertiary/aromatic N) is 1. The molecular weight excluding hydrogens is 268 g/mol. The van der Waals surface area contributed by atoms with Crippen molar-refractivity contribution in [3.63, 3.8) is 0 Å². The van der Waals surface area contributed by atoms with E-state index in [0.29, 0.717) is 23.8 Å². The monoisotopic (exact) mass is 298 g/mol. The van der Waals surface area contributed by atoms with Gasteiger partial charge in [0.25, 0.3) is 0 Å². The van der Waals surface area contributed by atoms with Gasteiger partial charge >= 0.3 is 0 Å². The van der Waals surface area contributed by atoms with Gasteiger partial charge in [0.2, 0.25) is 5.91 Å². The van der Waals surface area contributed by atoms with Crippen LogP contribution < -0.4 is 5.32 Å². The Hall–Kier alpha value is -0.220. The molecular formula is C16H30N2OS. The smallest absolute Gasteiger partial charge is 0.224 e. The SMILES string of the molecule is CC(C)(C)C1CCCN(C(=O)CC2CSCCN2)CC1. The van der Waals surface area contributed by atoms with Gasteiger partial charge in [0.05, 0.1) is 0 Å². The van der Waals surface area contributed by atoms with Crippen LogP contribution in [-0.2, 0) is 4.79 Å².